The molecular formula is C24H31B3N8O6. The molecule has 4 rings (SSSR count). The van der Waals surface area contributed by atoms with Crippen LogP contribution in [0.1, 0.15) is 49.0 Å². The lowest BCUT2D eigenvalue weighted by Gasteiger charge is -2.21. The van der Waals surface area contributed by atoms with Crippen molar-refractivity contribution >= 4 is 58.5 Å². The standard InChI is InChI=1S/C24H31B3N8O6/c1-10(36)17(28-11(2)37)20-31-23(41-35-20)13-5-4-6-14(19(13)40-3)29-15-9-16(30-21(38)12-7-8-12)33-34-18(15)22(39)32-24(25,26)27/h4-6,9-10,12,17,36H,7-8,25-27H2,1-3H3,(H,28,37)(H,32,39)(H2,29,30,33,38)/t10-,17+/m0/s1. The number of aliphatic hydroxyl groups is 1. The quantitative estimate of drug-likeness (QED) is 0.170. The van der Waals surface area contributed by atoms with E-state index in [4.69, 9.17) is 9.26 Å². The summed E-state index contributed by atoms with van der Waals surface area (Å²) in [7, 11) is 6.98. The molecule has 1 fully saturated rings. The van der Waals surface area contributed by atoms with Crippen LogP contribution in [0.15, 0.2) is 28.8 Å². The molecule has 41 heavy (non-hydrogen) atoms. The molecule has 1 aliphatic rings. The van der Waals surface area contributed by atoms with Gasteiger partial charge in [0.2, 0.25) is 11.8 Å². The number of para-hydroxylation sites is 1. The topological polar surface area (TPSA) is 193 Å². The summed E-state index contributed by atoms with van der Waals surface area (Å²) in [4.78, 5) is 41.4. The van der Waals surface area contributed by atoms with Crippen molar-refractivity contribution in [1.82, 2.24) is 31.0 Å². The molecule has 0 bridgehead atoms. The van der Waals surface area contributed by atoms with Gasteiger partial charge >= 0.3 is 0 Å². The summed E-state index contributed by atoms with van der Waals surface area (Å²) in [5.41, 5.74) is 1.12. The number of rotatable bonds is 11. The zero-order valence-corrected chi connectivity index (χ0v) is 23.7. The van der Waals surface area contributed by atoms with E-state index in [0.29, 0.717) is 17.0 Å². The molecule has 0 unspecified atom stereocenters. The first-order valence-corrected chi connectivity index (χ1v) is 13.1. The predicted octanol–water partition coefficient (Wildman–Crippen LogP) is -1.57. The highest BCUT2D eigenvalue weighted by atomic mass is 16.5. The number of hydrogen-bond donors (Lipinski definition) is 5. The molecule has 5 N–H and O–H groups in total. The van der Waals surface area contributed by atoms with Crippen molar-refractivity contribution in [1.29, 1.82) is 0 Å². The molecule has 2 heterocycles. The van der Waals surface area contributed by atoms with Gasteiger partial charge in [-0.05, 0) is 37.1 Å². The van der Waals surface area contributed by atoms with E-state index in [1.54, 1.807) is 18.2 Å². The molecular weight excluding hydrogens is 529 g/mol. The maximum atomic E-state index is 13.1. The Morgan fingerprint density at radius 1 is 1.17 bits per heavy atom. The molecule has 14 nitrogen and oxygen atoms in total. The summed E-state index contributed by atoms with van der Waals surface area (Å²) >= 11 is 0. The molecule has 2 aromatic heterocycles. The van der Waals surface area contributed by atoms with E-state index in [0.717, 1.165) is 12.8 Å². The first-order valence-electron chi connectivity index (χ1n) is 13.1. The van der Waals surface area contributed by atoms with Gasteiger partial charge in [0.15, 0.2) is 23.1 Å². The van der Waals surface area contributed by atoms with E-state index in [1.165, 1.54) is 27.0 Å². The minimum atomic E-state index is -0.981. The molecule has 1 aliphatic carbocycles. The first kappa shape index (κ1) is 29.6. The van der Waals surface area contributed by atoms with Crippen molar-refractivity contribution in [2.45, 2.75) is 44.1 Å². The van der Waals surface area contributed by atoms with Gasteiger partial charge in [-0.2, -0.15) is 4.98 Å². The lowest BCUT2D eigenvalue weighted by Crippen LogP contribution is -2.50. The van der Waals surface area contributed by atoms with Crippen molar-refractivity contribution in [2.24, 2.45) is 5.92 Å². The summed E-state index contributed by atoms with van der Waals surface area (Å²) in [6.45, 7) is 2.82. The molecule has 17 heteroatoms. The van der Waals surface area contributed by atoms with Gasteiger partial charge in [-0.15, -0.1) is 10.2 Å². The zero-order chi connectivity index (χ0) is 29.9. The lowest BCUT2D eigenvalue weighted by molar-refractivity contribution is -0.120. The number of benzene rings is 1. The third-order valence-electron chi connectivity index (χ3n) is 5.98. The minimum absolute atomic E-state index is 0.00645. The Bertz CT molecular complexity index is 1460. The van der Waals surface area contributed by atoms with Crippen LogP contribution >= 0.6 is 0 Å². The first-order chi connectivity index (χ1) is 19.4. The van der Waals surface area contributed by atoms with Crippen LogP contribution in [0.5, 0.6) is 5.75 Å². The summed E-state index contributed by atoms with van der Waals surface area (Å²) in [5.74, 6) is -0.379. The maximum absolute atomic E-state index is 13.1. The number of carbonyl (C=O) groups excluding carboxylic acids is 3. The van der Waals surface area contributed by atoms with E-state index in [9.17, 15) is 19.5 Å². The van der Waals surface area contributed by atoms with Crippen molar-refractivity contribution in [3.05, 3.63) is 35.8 Å². The molecule has 212 valence electrons. The number of amides is 3. The third-order valence-corrected chi connectivity index (χ3v) is 5.98. The van der Waals surface area contributed by atoms with Gasteiger partial charge in [0, 0.05) is 18.9 Å². The fourth-order valence-electron chi connectivity index (χ4n) is 3.95. The van der Waals surface area contributed by atoms with Crippen molar-refractivity contribution in [3.63, 3.8) is 0 Å². The summed E-state index contributed by atoms with van der Waals surface area (Å²) < 4.78 is 11.1. The molecule has 1 saturated carbocycles. The van der Waals surface area contributed by atoms with Gasteiger partial charge in [0.05, 0.1) is 30.2 Å². The maximum Gasteiger partial charge on any atom is 0.272 e. The number of nitrogens with zero attached hydrogens (tertiary/aromatic N) is 4. The number of anilines is 3. The highest BCUT2D eigenvalue weighted by molar-refractivity contribution is 6.60. The molecule has 3 aromatic rings. The van der Waals surface area contributed by atoms with Crippen LogP contribution < -0.4 is 26.0 Å². The predicted molar refractivity (Wildman–Crippen MR) is 157 cm³/mol. The number of methoxy groups -OCH3 is 1. The Morgan fingerprint density at radius 3 is 2.51 bits per heavy atom. The second kappa shape index (κ2) is 12.0. The lowest BCUT2D eigenvalue weighted by atomic mass is 9.49. The number of aromatic nitrogens is 4. The number of hydrogen-bond acceptors (Lipinski definition) is 11. The van der Waals surface area contributed by atoms with Crippen LogP contribution in [0.3, 0.4) is 0 Å². The average molecular weight is 560 g/mol. The van der Waals surface area contributed by atoms with Crippen LogP contribution in [0.2, 0.25) is 0 Å². The van der Waals surface area contributed by atoms with Gasteiger partial charge in [-0.25, -0.2) is 0 Å². The van der Waals surface area contributed by atoms with Crippen LogP contribution in [0.4, 0.5) is 17.2 Å². The molecule has 0 spiro atoms. The molecule has 2 atom stereocenters. The van der Waals surface area contributed by atoms with E-state index in [2.05, 4.69) is 41.6 Å². The number of carbonyl (C=O) groups is 3. The van der Waals surface area contributed by atoms with Gasteiger partial charge in [0.25, 0.3) is 11.8 Å². The summed E-state index contributed by atoms with van der Waals surface area (Å²) in [6.07, 6.45) is 0.659. The van der Waals surface area contributed by atoms with Crippen LogP contribution in [0.25, 0.3) is 11.5 Å². The van der Waals surface area contributed by atoms with Crippen LogP contribution in [0, 0.1) is 5.92 Å². The molecule has 0 radical (unpaired) electrons. The van der Waals surface area contributed by atoms with Gasteiger partial charge in [-0.3, -0.25) is 14.4 Å². The number of aliphatic hydroxyl groups excluding tert-OH is 1. The van der Waals surface area contributed by atoms with E-state index in [-0.39, 0.29) is 46.6 Å². The van der Waals surface area contributed by atoms with Crippen LogP contribution in [-0.4, -0.2) is 85.2 Å². The highest BCUT2D eigenvalue weighted by Crippen LogP contribution is 2.38. The van der Waals surface area contributed by atoms with Crippen molar-refractivity contribution in [2.75, 3.05) is 17.7 Å². The van der Waals surface area contributed by atoms with E-state index >= 15 is 0 Å². The van der Waals surface area contributed by atoms with Crippen LogP contribution in [-0.2, 0) is 9.59 Å². The van der Waals surface area contributed by atoms with E-state index in [1.807, 2.05) is 23.5 Å². The molecule has 3 amide bonds. The van der Waals surface area contributed by atoms with Crippen molar-refractivity contribution < 1.29 is 28.8 Å². The van der Waals surface area contributed by atoms with Gasteiger partial charge in [-0.1, -0.05) is 11.2 Å². The summed E-state index contributed by atoms with van der Waals surface area (Å²) in [6, 6.07) is 5.76. The largest absolute Gasteiger partial charge is 0.494 e. The number of ether oxygens (including phenoxy) is 1. The fraction of sp³-hybridized carbons (Fsp3) is 0.375. The molecule has 0 aliphatic heterocycles. The van der Waals surface area contributed by atoms with Crippen molar-refractivity contribution in [3.8, 4) is 17.2 Å². The monoisotopic (exact) mass is 560 g/mol. The second-order valence-corrected chi connectivity index (χ2v) is 10.8. The normalized spacial score (nSPS) is 14.4. The smallest absolute Gasteiger partial charge is 0.272 e. The highest BCUT2D eigenvalue weighted by Gasteiger charge is 2.31. The Balaban J connectivity index is 1.70. The van der Waals surface area contributed by atoms with Gasteiger partial charge < -0.3 is 35.6 Å². The Morgan fingerprint density at radius 2 is 1.90 bits per heavy atom. The second-order valence-electron chi connectivity index (χ2n) is 10.8. The minimum Gasteiger partial charge on any atom is -0.494 e. The van der Waals surface area contributed by atoms with E-state index < -0.39 is 23.3 Å². The Labute approximate surface area is 239 Å². The molecule has 0 saturated heterocycles. The zero-order valence-electron chi connectivity index (χ0n) is 23.7. The Hall–Kier alpha value is -4.40. The third kappa shape index (κ3) is 7.42. The Kier molecular flexibility index (Phi) is 8.66. The van der Waals surface area contributed by atoms with Gasteiger partial charge in [0.1, 0.15) is 29.6 Å². The number of nitrogens with one attached hydrogen (secondary N) is 4. The fourth-order valence-corrected chi connectivity index (χ4v) is 3.95. The molecule has 1 aromatic carbocycles. The summed E-state index contributed by atoms with van der Waals surface area (Å²) in [5, 5.41) is 33.1. The average Bonchev–Trinajstić information content (AvgIpc) is 3.63. The SMILES string of the molecule is BC(B)(B)NC(=O)c1nnc(NC(=O)C2CC2)cc1Nc1cccc(-c2nc([C@H](NC(C)=O)[C@H](C)O)no2)c1OC.